The zero-order valence-electron chi connectivity index (χ0n) is 28.3. The van der Waals surface area contributed by atoms with Crippen molar-refractivity contribution in [2.24, 2.45) is 46.3 Å². The van der Waals surface area contributed by atoms with Gasteiger partial charge in [-0.25, -0.2) is 4.79 Å². The molecule has 3 fully saturated rings. The van der Waals surface area contributed by atoms with Gasteiger partial charge in [0.1, 0.15) is 6.10 Å². The highest BCUT2D eigenvalue weighted by molar-refractivity contribution is 5.87. The zero-order valence-corrected chi connectivity index (χ0v) is 28.3. The average molecular weight is 605 g/mol. The first-order chi connectivity index (χ1) is 20.9. The fourth-order valence-electron chi connectivity index (χ4n) is 10.1. The first kappa shape index (κ1) is 32.8. The predicted molar refractivity (Wildman–Crippen MR) is 176 cm³/mol. The van der Waals surface area contributed by atoms with Gasteiger partial charge in [0.15, 0.2) is 11.5 Å². The third-order valence-corrected chi connectivity index (χ3v) is 12.4. The third-order valence-electron chi connectivity index (χ3n) is 12.4. The van der Waals surface area contributed by atoms with Crippen LogP contribution in [-0.2, 0) is 14.3 Å². The van der Waals surface area contributed by atoms with Gasteiger partial charge in [0.2, 0.25) is 0 Å². The van der Waals surface area contributed by atoms with Crippen molar-refractivity contribution in [1.29, 1.82) is 0 Å². The number of allylic oxidation sites excluding steroid dienone is 1. The molecule has 0 aromatic heterocycles. The number of esters is 2. The quantitative estimate of drug-likeness (QED) is 0.115. The van der Waals surface area contributed by atoms with Gasteiger partial charge in [-0.3, -0.25) is 4.79 Å². The van der Waals surface area contributed by atoms with Gasteiger partial charge in [-0.05, 0) is 115 Å². The molecule has 4 aliphatic carbocycles. The Kier molecular flexibility index (Phi) is 10.0. The first-order valence-electron chi connectivity index (χ1n) is 17.4. The molecule has 5 rings (SSSR count). The van der Waals surface area contributed by atoms with Crippen LogP contribution >= 0.6 is 0 Å². The molecule has 1 aromatic carbocycles. The minimum Gasteiger partial charge on any atom is -0.493 e. The van der Waals surface area contributed by atoms with Crippen LogP contribution in [0, 0.1) is 46.3 Å². The lowest BCUT2D eigenvalue weighted by atomic mass is 9.47. The Hall–Kier alpha value is -2.56. The molecular weight excluding hydrogens is 548 g/mol. The molecule has 0 amide bonds. The van der Waals surface area contributed by atoms with Crippen molar-refractivity contribution in [2.45, 2.75) is 118 Å². The zero-order chi connectivity index (χ0) is 31.6. The summed E-state index contributed by atoms with van der Waals surface area (Å²) in [7, 11) is 1.52. The van der Waals surface area contributed by atoms with E-state index in [4.69, 9.17) is 14.2 Å². The smallest absolute Gasteiger partial charge is 0.331 e. The molecule has 0 bridgehead atoms. The normalized spacial score (nSPS) is 33.6. The van der Waals surface area contributed by atoms with Crippen molar-refractivity contribution < 1.29 is 23.8 Å². The van der Waals surface area contributed by atoms with Gasteiger partial charge in [-0.15, -0.1) is 0 Å². The number of carbonyl (C=O) groups excluding carboxylic acids is 2. The van der Waals surface area contributed by atoms with Gasteiger partial charge >= 0.3 is 11.9 Å². The molecule has 5 heteroatoms. The number of ether oxygens (including phenoxy) is 3. The van der Waals surface area contributed by atoms with E-state index in [0.717, 1.165) is 60.3 Å². The fourth-order valence-corrected chi connectivity index (χ4v) is 10.1. The van der Waals surface area contributed by atoms with Crippen molar-refractivity contribution in [3.05, 3.63) is 41.5 Å². The number of benzene rings is 1. The van der Waals surface area contributed by atoms with E-state index in [-0.39, 0.29) is 17.5 Å². The second-order valence-corrected chi connectivity index (χ2v) is 15.4. The predicted octanol–water partition coefficient (Wildman–Crippen LogP) is 9.59. The Balaban J connectivity index is 1.19. The largest absolute Gasteiger partial charge is 0.493 e. The van der Waals surface area contributed by atoms with E-state index in [1.165, 1.54) is 77.0 Å². The molecule has 1 aromatic rings. The Labute approximate surface area is 266 Å². The lowest BCUT2D eigenvalue weighted by molar-refractivity contribution is -0.145. The molecule has 5 nitrogen and oxygen atoms in total. The number of fused-ring (bicyclic) bond motifs is 5. The summed E-state index contributed by atoms with van der Waals surface area (Å²) in [6, 6.07) is 5.20. The van der Waals surface area contributed by atoms with Crippen LogP contribution in [0.3, 0.4) is 0 Å². The molecule has 8 atom stereocenters. The molecule has 0 spiro atoms. The van der Waals surface area contributed by atoms with Crippen LogP contribution in [0.1, 0.15) is 118 Å². The Morgan fingerprint density at radius 1 is 1.00 bits per heavy atom. The van der Waals surface area contributed by atoms with Crippen LogP contribution in [0.5, 0.6) is 11.5 Å². The van der Waals surface area contributed by atoms with E-state index in [0.29, 0.717) is 16.9 Å². The van der Waals surface area contributed by atoms with Crippen LogP contribution in [0.4, 0.5) is 0 Å². The molecule has 0 radical (unpaired) electrons. The lowest BCUT2D eigenvalue weighted by Crippen LogP contribution is -2.51. The second-order valence-electron chi connectivity index (χ2n) is 15.4. The van der Waals surface area contributed by atoms with Gasteiger partial charge in [0.05, 0.1) is 7.11 Å². The molecule has 44 heavy (non-hydrogen) atoms. The van der Waals surface area contributed by atoms with E-state index < -0.39 is 5.97 Å². The van der Waals surface area contributed by atoms with Gasteiger partial charge in [0.25, 0.3) is 0 Å². The topological polar surface area (TPSA) is 61.8 Å². The van der Waals surface area contributed by atoms with E-state index >= 15 is 0 Å². The maximum atomic E-state index is 12.8. The summed E-state index contributed by atoms with van der Waals surface area (Å²) < 4.78 is 16.5. The van der Waals surface area contributed by atoms with Crippen molar-refractivity contribution in [1.82, 2.24) is 0 Å². The van der Waals surface area contributed by atoms with Crippen molar-refractivity contribution >= 4 is 18.0 Å². The average Bonchev–Trinajstić information content (AvgIpc) is 3.33. The number of rotatable bonds is 10. The highest BCUT2D eigenvalue weighted by Gasteiger charge is 2.59. The summed E-state index contributed by atoms with van der Waals surface area (Å²) in [5.74, 6) is 5.04. The third kappa shape index (κ3) is 6.67. The van der Waals surface area contributed by atoms with Crippen LogP contribution < -0.4 is 9.47 Å². The highest BCUT2D eigenvalue weighted by Crippen LogP contribution is 2.67. The highest BCUT2D eigenvalue weighted by atomic mass is 16.6. The molecule has 3 saturated carbocycles. The maximum Gasteiger partial charge on any atom is 0.331 e. The van der Waals surface area contributed by atoms with Crippen molar-refractivity contribution in [2.75, 3.05) is 7.11 Å². The molecular formula is C39H56O5. The van der Waals surface area contributed by atoms with Gasteiger partial charge in [-0.1, -0.05) is 71.6 Å². The Bertz CT molecular complexity index is 1260. The lowest BCUT2D eigenvalue weighted by Gasteiger charge is -2.58. The van der Waals surface area contributed by atoms with E-state index in [1.807, 2.05) is 0 Å². The monoisotopic (exact) mass is 604 g/mol. The number of hydrogen-bond donors (Lipinski definition) is 0. The molecule has 242 valence electrons. The van der Waals surface area contributed by atoms with Crippen LogP contribution in [-0.4, -0.2) is 25.2 Å². The minimum atomic E-state index is -0.408. The van der Waals surface area contributed by atoms with E-state index in [2.05, 4.69) is 40.7 Å². The molecule has 0 aliphatic heterocycles. The number of hydrogen-bond acceptors (Lipinski definition) is 5. The maximum absolute atomic E-state index is 12.8. The second kappa shape index (κ2) is 13.4. The molecule has 0 saturated heterocycles. The Morgan fingerprint density at radius 3 is 2.52 bits per heavy atom. The van der Waals surface area contributed by atoms with Crippen molar-refractivity contribution in [3.8, 4) is 11.5 Å². The summed E-state index contributed by atoms with van der Waals surface area (Å²) in [6.45, 7) is 13.8. The molecule has 4 aliphatic rings. The molecule has 1 unspecified atom stereocenters. The standard InChI is InChI=1S/C39H56O5/c1-25(2)9-8-10-26(3)32-15-16-33-31-14-13-29-24-30(19-21-38(29,5)34(31)20-22-39(32,33)6)44-37(41)18-12-28-11-17-35(43-27(4)40)36(23-28)42-7/h11-13,17-18,23,25-26,30-34H,8-10,14-16,19-22,24H2,1-7H3/b18-12+/t26-,30?,31+,32-,33+,34+,38+,39-/m1/s1. The number of methoxy groups -OCH3 is 1. The van der Waals surface area contributed by atoms with E-state index in [9.17, 15) is 9.59 Å². The summed E-state index contributed by atoms with van der Waals surface area (Å²) in [5.41, 5.74) is 3.06. The van der Waals surface area contributed by atoms with Crippen molar-refractivity contribution in [3.63, 3.8) is 0 Å². The molecule has 0 N–H and O–H groups in total. The van der Waals surface area contributed by atoms with Crippen LogP contribution in [0.2, 0.25) is 0 Å². The van der Waals surface area contributed by atoms with Gasteiger partial charge < -0.3 is 14.2 Å². The summed E-state index contributed by atoms with van der Waals surface area (Å²) in [4.78, 5) is 24.2. The SMILES string of the molecule is COc1cc(/C=C/C(=O)OC2CC[C@@]3(C)C(=CC[C@H]4[C@@H]5CC[C@H]([C@H](C)CCCC(C)C)[C@@]5(C)CC[C@@H]43)C2)ccc1OC(C)=O. The summed E-state index contributed by atoms with van der Waals surface area (Å²) in [5, 5.41) is 0. The van der Waals surface area contributed by atoms with Gasteiger partial charge in [-0.2, -0.15) is 0 Å². The molecule has 0 heterocycles. The Morgan fingerprint density at radius 2 is 1.80 bits per heavy atom. The summed E-state index contributed by atoms with van der Waals surface area (Å²) >= 11 is 0. The first-order valence-corrected chi connectivity index (χ1v) is 17.4. The minimum absolute atomic E-state index is 0.0692. The van der Waals surface area contributed by atoms with Gasteiger partial charge in [0, 0.05) is 19.4 Å². The van der Waals surface area contributed by atoms with E-state index in [1.54, 1.807) is 24.3 Å². The number of carbonyl (C=O) groups is 2. The summed E-state index contributed by atoms with van der Waals surface area (Å²) in [6.07, 6.45) is 19.5. The fraction of sp³-hybridized carbons (Fsp3) is 0.692. The van der Waals surface area contributed by atoms with Crippen LogP contribution in [0.15, 0.2) is 35.9 Å². The van der Waals surface area contributed by atoms with Crippen LogP contribution in [0.25, 0.3) is 6.08 Å².